The molecular formula is C8H8Se. The topological polar surface area (TPSA) is 0 Å². The Morgan fingerprint density at radius 3 is 2.67 bits per heavy atom. The third-order valence-corrected chi connectivity index (χ3v) is 3.24. The van der Waals surface area contributed by atoms with E-state index in [2.05, 4.69) is 30.2 Å². The zero-order valence-corrected chi connectivity index (χ0v) is 6.79. The molecule has 1 aliphatic carbocycles. The average Bonchev–Trinajstić information content (AvgIpc) is 2.34. The first-order valence-corrected chi connectivity index (χ1v) is 5.03. The van der Waals surface area contributed by atoms with Crippen LogP contribution in [-0.4, -0.2) is 15.0 Å². The molecule has 0 aromatic heterocycles. The van der Waals surface area contributed by atoms with Gasteiger partial charge in [-0.05, 0) is 0 Å². The van der Waals surface area contributed by atoms with Crippen LogP contribution in [0.25, 0.3) is 0 Å². The first-order chi connectivity index (χ1) is 4.43. The van der Waals surface area contributed by atoms with Crippen LogP contribution in [0.15, 0.2) is 24.3 Å². The summed E-state index contributed by atoms with van der Waals surface area (Å²) in [6.07, 6.45) is 13.7. The molecule has 0 fully saturated rings. The van der Waals surface area contributed by atoms with E-state index in [1.54, 1.807) is 0 Å². The monoisotopic (exact) mass is 184 g/mol. The molecule has 0 saturated carbocycles. The fraction of sp³-hybridized carbons (Fsp3) is 0.250. The van der Waals surface area contributed by atoms with Crippen LogP contribution in [-0.2, 0) is 0 Å². The molecule has 0 nitrogen and oxygen atoms in total. The minimum atomic E-state index is 0.595. The van der Waals surface area contributed by atoms with Crippen LogP contribution in [0.3, 0.4) is 0 Å². The van der Waals surface area contributed by atoms with Crippen LogP contribution in [0.2, 0.25) is 10.1 Å². The molecule has 0 radical (unpaired) electrons. The van der Waals surface area contributed by atoms with Gasteiger partial charge in [0, 0.05) is 0 Å². The molecule has 0 aromatic carbocycles. The van der Waals surface area contributed by atoms with E-state index in [9.17, 15) is 0 Å². The molecule has 0 amide bonds. The van der Waals surface area contributed by atoms with Gasteiger partial charge in [-0.3, -0.25) is 0 Å². The van der Waals surface area contributed by atoms with Gasteiger partial charge in [-0.15, -0.1) is 0 Å². The second-order valence-electron chi connectivity index (χ2n) is 1.75. The van der Waals surface area contributed by atoms with Crippen LogP contribution < -0.4 is 0 Å². The van der Waals surface area contributed by atoms with Gasteiger partial charge in [-0.25, -0.2) is 0 Å². The molecular weight excluding hydrogens is 175 g/mol. The summed E-state index contributed by atoms with van der Waals surface area (Å²) in [6, 6.07) is 0. The number of hydrogen-bond acceptors (Lipinski definition) is 0. The van der Waals surface area contributed by atoms with Gasteiger partial charge in [0.15, 0.2) is 0 Å². The zero-order valence-electron chi connectivity index (χ0n) is 5.08. The van der Waals surface area contributed by atoms with Gasteiger partial charge in [0.1, 0.15) is 0 Å². The van der Waals surface area contributed by atoms with E-state index in [0.29, 0.717) is 19.8 Å². The predicted molar refractivity (Wildman–Crippen MR) is 41.4 cm³/mol. The summed E-state index contributed by atoms with van der Waals surface area (Å²) in [6.45, 7) is 0. The molecule has 0 spiro atoms. The van der Waals surface area contributed by atoms with Crippen LogP contribution in [0.1, 0.15) is 0 Å². The van der Waals surface area contributed by atoms with Gasteiger partial charge in [-0.2, -0.15) is 0 Å². The fourth-order valence-corrected chi connectivity index (χ4v) is 2.12. The minimum absolute atomic E-state index is 0.595. The predicted octanol–water partition coefficient (Wildman–Crippen LogP) is 1.66. The fourth-order valence-electron chi connectivity index (χ4n) is 0.667. The maximum absolute atomic E-state index is 5.12. The van der Waals surface area contributed by atoms with Crippen molar-refractivity contribution in [2.75, 3.05) is 0 Å². The van der Waals surface area contributed by atoms with Gasteiger partial charge in [0.25, 0.3) is 0 Å². The van der Waals surface area contributed by atoms with Crippen molar-refractivity contribution in [1.82, 2.24) is 0 Å². The summed E-state index contributed by atoms with van der Waals surface area (Å²) in [5.74, 6) is 2.65. The molecule has 0 aliphatic heterocycles. The normalized spacial score (nSPS) is 16.3. The summed E-state index contributed by atoms with van der Waals surface area (Å²) < 4.78 is 0. The van der Waals surface area contributed by atoms with E-state index in [1.165, 1.54) is 0 Å². The first-order valence-electron chi connectivity index (χ1n) is 2.83. The van der Waals surface area contributed by atoms with Crippen LogP contribution >= 0.6 is 0 Å². The Kier molecular flexibility index (Phi) is 2.64. The molecule has 46 valence electrons. The van der Waals surface area contributed by atoms with E-state index >= 15 is 0 Å². The summed E-state index contributed by atoms with van der Waals surface area (Å²) >= 11 is 0.595. The van der Waals surface area contributed by atoms with E-state index < -0.39 is 0 Å². The van der Waals surface area contributed by atoms with Crippen molar-refractivity contribution in [2.24, 2.45) is 0 Å². The molecule has 0 saturated heterocycles. The van der Waals surface area contributed by atoms with Crippen molar-refractivity contribution in [3.63, 3.8) is 0 Å². The summed E-state index contributed by atoms with van der Waals surface area (Å²) in [5.41, 5.74) is 0. The maximum atomic E-state index is 5.12. The quantitative estimate of drug-likeness (QED) is 0.451. The van der Waals surface area contributed by atoms with E-state index in [-0.39, 0.29) is 0 Å². The molecule has 9 heavy (non-hydrogen) atoms. The Balaban J connectivity index is 2.23. The second-order valence-corrected chi connectivity index (χ2v) is 4.20. The van der Waals surface area contributed by atoms with Gasteiger partial charge in [-0.1, -0.05) is 0 Å². The standard InChI is InChI=1S/C8H8Se/c1-2-7-9-8-5-3-4-6-8/h1,3-6,8H,7H2. The van der Waals surface area contributed by atoms with Crippen LogP contribution in [0.5, 0.6) is 0 Å². The zero-order chi connectivity index (χ0) is 6.53. The van der Waals surface area contributed by atoms with E-state index in [0.717, 1.165) is 5.32 Å². The van der Waals surface area contributed by atoms with E-state index in [1.807, 2.05) is 0 Å². The molecule has 0 N–H and O–H groups in total. The van der Waals surface area contributed by atoms with Crippen LogP contribution in [0.4, 0.5) is 0 Å². The van der Waals surface area contributed by atoms with Crippen molar-refractivity contribution < 1.29 is 0 Å². The Bertz CT molecular complexity index is 159. The van der Waals surface area contributed by atoms with Gasteiger partial charge in [0.05, 0.1) is 0 Å². The third kappa shape index (κ3) is 2.10. The van der Waals surface area contributed by atoms with Crippen molar-refractivity contribution in [3.05, 3.63) is 24.3 Å². The molecule has 1 heteroatoms. The van der Waals surface area contributed by atoms with E-state index in [4.69, 9.17) is 6.42 Å². The van der Waals surface area contributed by atoms with Crippen molar-refractivity contribution in [3.8, 4) is 12.3 Å². The van der Waals surface area contributed by atoms with Gasteiger partial charge >= 0.3 is 61.7 Å². The number of rotatable bonds is 2. The van der Waals surface area contributed by atoms with Crippen molar-refractivity contribution in [2.45, 2.75) is 10.1 Å². The average molecular weight is 183 g/mol. The Morgan fingerprint density at radius 2 is 2.11 bits per heavy atom. The SMILES string of the molecule is C#CC[Se]C1C=CC=C1. The van der Waals surface area contributed by atoms with Crippen LogP contribution in [0, 0.1) is 12.3 Å². The number of hydrogen-bond donors (Lipinski definition) is 0. The molecule has 1 aliphatic rings. The Morgan fingerprint density at radius 1 is 1.44 bits per heavy atom. The molecule has 0 unspecified atom stereocenters. The number of allylic oxidation sites excluding steroid dienone is 4. The molecule has 0 aromatic rings. The second kappa shape index (κ2) is 3.56. The van der Waals surface area contributed by atoms with Gasteiger partial charge < -0.3 is 0 Å². The van der Waals surface area contributed by atoms with Crippen molar-refractivity contribution >= 4 is 15.0 Å². The number of terminal acetylenes is 1. The molecule has 0 heterocycles. The Labute approximate surface area is 62.2 Å². The first kappa shape index (κ1) is 6.68. The van der Waals surface area contributed by atoms with Gasteiger partial charge in [0.2, 0.25) is 0 Å². The summed E-state index contributed by atoms with van der Waals surface area (Å²) in [5, 5.41) is 0.951. The molecule has 0 bridgehead atoms. The molecule has 1 rings (SSSR count). The molecule has 0 atom stereocenters. The van der Waals surface area contributed by atoms with Crippen molar-refractivity contribution in [1.29, 1.82) is 0 Å². The summed E-state index contributed by atoms with van der Waals surface area (Å²) in [7, 11) is 0. The third-order valence-electron chi connectivity index (χ3n) is 1.07. The summed E-state index contributed by atoms with van der Waals surface area (Å²) in [4.78, 5) is 0.675. The Hall–Kier alpha value is -0.441.